The molecule has 0 aromatic carbocycles. The lowest BCUT2D eigenvalue weighted by Gasteiger charge is -2.02. The van der Waals surface area contributed by atoms with E-state index in [2.05, 4.69) is 11.1 Å². The summed E-state index contributed by atoms with van der Waals surface area (Å²) in [5.74, 6) is 1.25. The van der Waals surface area contributed by atoms with Crippen molar-refractivity contribution in [3.63, 3.8) is 0 Å². The fourth-order valence-corrected chi connectivity index (χ4v) is 1.52. The average Bonchev–Trinajstić information content (AvgIpc) is 2.65. The largest absolute Gasteiger partial charge is 0.323 e. The molecule has 0 bridgehead atoms. The van der Waals surface area contributed by atoms with Crippen molar-refractivity contribution in [1.82, 2.24) is 9.55 Å². The zero-order valence-electron chi connectivity index (χ0n) is 8.12. The third-order valence-corrected chi connectivity index (χ3v) is 2.37. The van der Waals surface area contributed by atoms with Crippen molar-refractivity contribution in [2.75, 3.05) is 5.88 Å². The SMILES string of the molecule is N#Cc1nccn1CCCCCCCl. The third-order valence-electron chi connectivity index (χ3n) is 2.10. The fraction of sp³-hybridized carbons (Fsp3) is 0.600. The van der Waals surface area contributed by atoms with Crippen LogP contribution in [0.25, 0.3) is 0 Å². The molecule has 0 unspecified atom stereocenters. The van der Waals surface area contributed by atoms with Gasteiger partial charge in [0.15, 0.2) is 0 Å². The number of hydrogen-bond acceptors (Lipinski definition) is 2. The molecule has 0 aliphatic heterocycles. The van der Waals surface area contributed by atoms with E-state index in [0.29, 0.717) is 5.82 Å². The highest BCUT2D eigenvalue weighted by molar-refractivity contribution is 6.17. The molecule has 1 aromatic rings. The fourth-order valence-electron chi connectivity index (χ4n) is 1.33. The first-order valence-corrected chi connectivity index (χ1v) is 5.39. The molecule has 0 atom stereocenters. The van der Waals surface area contributed by atoms with Gasteiger partial charge >= 0.3 is 0 Å². The van der Waals surface area contributed by atoms with Crippen LogP contribution in [0.15, 0.2) is 12.4 Å². The van der Waals surface area contributed by atoms with E-state index in [9.17, 15) is 0 Å². The maximum Gasteiger partial charge on any atom is 0.212 e. The number of rotatable bonds is 6. The van der Waals surface area contributed by atoms with Crippen molar-refractivity contribution in [3.05, 3.63) is 18.2 Å². The van der Waals surface area contributed by atoms with Crippen LogP contribution in [-0.2, 0) is 6.54 Å². The Kier molecular flexibility index (Phi) is 5.09. The smallest absolute Gasteiger partial charge is 0.212 e. The zero-order valence-corrected chi connectivity index (χ0v) is 8.87. The highest BCUT2D eigenvalue weighted by Crippen LogP contribution is 2.04. The summed E-state index contributed by atoms with van der Waals surface area (Å²) in [6, 6.07) is 2.06. The monoisotopic (exact) mass is 211 g/mol. The van der Waals surface area contributed by atoms with Gasteiger partial charge in [0.25, 0.3) is 0 Å². The Labute approximate surface area is 89.3 Å². The van der Waals surface area contributed by atoms with Crippen LogP contribution in [0.1, 0.15) is 31.5 Å². The predicted octanol–water partition coefficient (Wildman–Crippen LogP) is 2.55. The second-order valence-electron chi connectivity index (χ2n) is 3.16. The first kappa shape index (κ1) is 11.1. The Morgan fingerprint density at radius 3 is 2.86 bits per heavy atom. The number of aryl methyl sites for hydroxylation is 1. The summed E-state index contributed by atoms with van der Waals surface area (Å²) < 4.78 is 1.89. The van der Waals surface area contributed by atoms with E-state index in [-0.39, 0.29) is 0 Å². The maximum atomic E-state index is 8.70. The zero-order chi connectivity index (χ0) is 10.2. The van der Waals surface area contributed by atoms with Crippen molar-refractivity contribution in [1.29, 1.82) is 5.26 Å². The highest BCUT2D eigenvalue weighted by atomic mass is 35.5. The molecule has 4 heteroatoms. The lowest BCUT2D eigenvalue weighted by atomic mass is 10.2. The van der Waals surface area contributed by atoms with Gasteiger partial charge in [0.2, 0.25) is 5.82 Å². The number of hydrogen-bond donors (Lipinski definition) is 0. The van der Waals surface area contributed by atoms with E-state index in [4.69, 9.17) is 16.9 Å². The van der Waals surface area contributed by atoms with Gasteiger partial charge < -0.3 is 4.57 Å². The van der Waals surface area contributed by atoms with Gasteiger partial charge in [0.05, 0.1) is 0 Å². The van der Waals surface area contributed by atoms with Crippen molar-refractivity contribution in [3.8, 4) is 6.07 Å². The third kappa shape index (κ3) is 3.39. The number of unbranched alkanes of at least 4 members (excludes halogenated alkanes) is 3. The number of nitrogens with zero attached hydrogens (tertiary/aromatic N) is 3. The molecule has 0 fully saturated rings. The first-order valence-electron chi connectivity index (χ1n) is 4.85. The predicted molar refractivity (Wildman–Crippen MR) is 56.1 cm³/mol. The van der Waals surface area contributed by atoms with Crippen LogP contribution in [0.5, 0.6) is 0 Å². The van der Waals surface area contributed by atoms with Gasteiger partial charge in [-0.05, 0) is 12.8 Å². The quantitative estimate of drug-likeness (QED) is 0.536. The highest BCUT2D eigenvalue weighted by Gasteiger charge is 1.99. The van der Waals surface area contributed by atoms with E-state index in [1.807, 2.05) is 10.8 Å². The molecule has 0 saturated carbocycles. The molecule has 3 nitrogen and oxygen atoms in total. The summed E-state index contributed by atoms with van der Waals surface area (Å²) in [4.78, 5) is 3.93. The molecule has 1 heterocycles. The van der Waals surface area contributed by atoms with Gasteiger partial charge in [0.1, 0.15) is 6.07 Å². The number of imidazole rings is 1. The van der Waals surface area contributed by atoms with E-state index in [0.717, 1.165) is 31.7 Å². The summed E-state index contributed by atoms with van der Waals surface area (Å²) >= 11 is 5.57. The van der Waals surface area contributed by atoms with Gasteiger partial charge in [-0.2, -0.15) is 5.26 Å². The van der Waals surface area contributed by atoms with E-state index in [1.165, 1.54) is 6.42 Å². The van der Waals surface area contributed by atoms with Crippen molar-refractivity contribution >= 4 is 11.6 Å². The van der Waals surface area contributed by atoms with Gasteiger partial charge in [-0.1, -0.05) is 12.8 Å². The summed E-state index contributed by atoms with van der Waals surface area (Å²) in [5.41, 5.74) is 0. The minimum absolute atomic E-state index is 0.502. The molecule has 0 radical (unpaired) electrons. The molecule has 0 saturated heterocycles. The summed E-state index contributed by atoms with van der Waals surface area (Å²) in [6.45, 7) is 0.880. The van der Waals surface area contributed by atoms with Crippen LogP contribution < -0.4 is 0 Å². The summed E-state index contributed by atoms with van der Waals surface area (Å²) in [5, 5.41) is 8.70. The second kappa shape index (κ2) is 6.44. The standard InChI is InChI=1S/C10H14ClN3/c11-5-3-1-2-4-7-14-8-6-13-10(14)9-12/h6,8H,1-5,7H2. The molecule has 1 aromatic heterocycles. The van der Waals surface area contributed by atoms with Crippen LogP contribution in [0.3, 0.4) is 0 Å². The minimum atomic E-state index is 0.502. The van der Waals surface area contributed by atoms with Gasteiger partial charge in [0, 0.05) is 24.8 Å². The molecule has 0 aliphatic carbocycles. The summed E-state index contributed by atoms with van der Waals surface area (Å²) in [6.07, 6.45) is 8.01. The minimum Gasteiger partial charge on any atom is -0.323 e. The molecule has 0 N–H and O–H groups in total. The second-order valence-corrected chi connectivity index (χ2v) is 3.54. The van der Waals surface area contributed by atoms with Gasteiger partial charge in [-0.25, -0.2) is 4.98 Å². The van der Waals surface area contributed by atoms with Crippen molar-refractivity contribution < 1.29 is 0 Å². The normalized spacial score (nSPS) is 10.0. The first-order chi connectivity index (χ1) is 6.88. The maximum absolute atomic E-state index is 8.70. The lowest BCUT2D eigenvalue weighted by molar-refractivity contribution is 0.579. The average molecular weight is 212 g/mol. The Hall–Kier alpha value is -1.01. The van der Waals surface area contributed by atoms with Crippen LogP contribution >= 0.6 is 11.6 Å². The van der Waals surface area contributed by atoms with Crippen LogP contribution in [0.2, 0.25) is 0 Å². The van der Waals surface area contributed by atoms with Crippen molar-refractivity contribution in [2.24, 2.45) is 0 Å². The number of aromatic nitrogens is 2. The van der Waals surface area contributed by atoms with E-state index < -0.39 is 0 Å². The molecule has 14 heavy (non-hydrogen) atoms. The molecular formula is C10H14ClN3. The van der Waals surface area contributed by atoms with Gasteiger partial charge in [-0.15, -0.1) is 11.6 Å². The molecule has 76 valence electrons. The lowest BCUT2D eigenvalue weighted by Crippen LogP contribution is -1.99. The number of nitriles is 1. The molecule has 0 aliphatic rings. The van der Waals surface area contributed by atoms with Crippen LogP contribution in [0, 0.1) is 11.3 Å². The van der Waals surface area contributed by atoms with Crippen LogP contribution in [-0.4, -0.2) is 15.4 Å². The molecule has 0 amide bonds. The molecule has 0 spiro atoms. The van der Waals surface area contributed by atoms with Crippen LogP contribution in [0.4, 0.5) is 0 Å². The molecule has 1 rings (SSSR count). The Balaban J connectivity index is 2.22. The summed E-state index contributed by atoms with van der Waals surface area (Å²) in [7, 11) is 0. The number of halogens is 1. The van der Waals surface area contributed by atoms with E-state index >= 15 is 0 Å². The Morgan fingerprint density at radius 2 is 2.14 bits per heavy atom. The molecular weight excluding hydrogens is 198 g/mol. The Morgan fingerprint density at radius 1 is 1.36 bits per heavy atom. The van der Waals surface area contributed by atoms with Crippen molar-refractivity contribution in [2.45, 2.75) is 32.2 Å². The topological polar surface area (TPSA) is 41.6 Å². The van der Waals surface area contributed by atoms with E-state index in [1.54, 1.807) is 6.20 Å². The van der Waals surface area contributed by atoms with Gasteiger partial charge in [-0.3, -0.25) is 0 Å². The Bertz CT molecular complexity index is 301. The number of alkyl halides is 1.